The lowest BCUT2D eigenvalue weighted by molar-refractivity contribution is 0.0697. The number of aromatic carboxylic acids is 1. The number of nitrogen functional groups attached to an aromatic ring is 1. The zero-order valence-corrected chi connectivity index (χ0v) is 11.1. The molecule has 1 aliphatic heterocycles. The number of carbonyl (C=O) groups is 1. The van der Waals surface area contributed by atoms with E-state index in [1.165, 1.54) is 18.6 Å². The van der Waals surface area contributed by atoms with E-state index in [1.807, 2.05) is 0 Å². The molecule has 1 aromatic rings. The fraction of sp³-hybridized carbons (Fsp3) is 0.500. The highest BCUT2D eigenvalue weighted by molar-refractivity contribution is 5.89. The first kappa shape index (κ1) is 13.7. The molecule has 0 amide bonds. The number of hydrogen-bond donors (Lipinski definition) is 2. The van der Waals surface area contributed by atoms with Crippen LogP contribution in [0.3, 0.4) is 0 Å². The van der Waals surface area contributed by atoms with E-state index in [0.717, 1.165) is 19.5 Å². The van der Waals surface area contributed by atoms with Crippen LogP contribution < -0.4 is 10.5 Å². The van der Waals surface area contributed by atoms with E-state index in [4.69, 9.17) is 15.6 Å². The molecule has 0 radical (unpaired) electrons. The molecule has 1 heterocycles. The highest BCUT2D eigenvalue weighted by atomic mass is 16.5. The van der Waals surface area contributed by atoms with Gasteiger partial charge in [-0.3, -0.25) is 0 Å². The molecule has 1 aliphatic rings. The number of ether oxygens (including phenoxy) is 1. The molecule has 104 valence electrons. The Kier molecular flexibility index (Phi) is 4.27. The molecular weight excluding hydrogens is 244 g/mol. The second-order valence-electron chi connectivity index (χ2n) is 5.14. The summed E-state index contributed by atoms with van der Waals surface area (Å²) in [4.78, 5) is 13.1. The first-order valence-corrected chi connectivity index (χ1v) is 6.50. The van der Waals surface area contributed by atoms with Gasteiger partial charge in [-0.05, 0) is 44.6 Å². The summed E-state index contributed by atoms with van der Waals surface area (Å²) in [6.07, 6.45) is 2.36. The molecule has 1 atom stereocenters. The Balaban J connectivity index is 1.94. The van der Waals surface area contributed by atoms with E-state index in [1.54, 1.807) is 6.07 Å². The largest absolute Gasteiger partial charge is 0.491 e. The molecule has 0 saturated carbocycles. The summed E-state index contributed by atoms with van der Waals surface area (Å²) in [5, 5.41) is 8.86. The number of hydrogen-bond acceptors (Lipinski definition) is 4. The SMILES string of the molecule is CN1CCCC(COc2ccc(C(=O)O)cc2N)C1. The fourth-order valence-electron chi connectivity index (χ4n) is 2.43. The third-order valence-corrected chi connectivity index (χ3v) is 3.45. The van der Waals surface area contributed by atoms with Crippen molar-refractivity contribution in [1.82, 2.24) is 4.90 Å². The van der Waals surface area contributed by atoms with Crippen LogP contribution in [0, 0.1) is 5.92 Å². The summed E-state index contributed by atoms with van der Waals surface area (Å²) in [5.41, 5.74) is 6.36. The maximum atomic E-state index is 10.8. The number of rotatable bonds is 4. The Labute approximate surface area is 113 Å². The first-order valence-electron chi connectivity index (χ1n) is 6.50. The van der Waals surface area contributed by atoms with E-state index in [9.17, 15) is 4.79 Å². The second-order valence-corrected chi connectivity index (χ2v) is 5.14. The van der Waals surface area contributed by atoms with Crippen LogP contribution in [0.5, 0.6) is 5.75 Å². The van der Waals surface area contributed by atoms with Crippen LogP contribution in [-0.4, -0.2) is 42.7 Å². The van der Waals surface area contributed by atoms with Gasteiger partial charge >= 0.3 is 5.97 Å². The minimum atomic E-state index is -0.979. The summed E-state index contributed by atoms with van der Waals surface area (Å²) in [6, 6.07) is 4.58. The number of carboxylic acids is 1. The molecule has 3 N–H and O–H groups in total. The lowest BCUT2D eigenvalue weighted by Crippen LogP contribution is -2.34. The van der Waals surface area contributed by atoms with E-state index >= 15 is 0 Å². The Hall–Kier alpha value is -1.75. The second kappa shape index (κ2) is 5.93. The van der Waals surface area contributed by atoms with Crippen molar-refractivity contribution in [1.29, 1.82) is 0 Å². The monoisotopic (exact) mass is 264 g/mol. The van der Waals surface area contributed by atoms with Crippen molar-refractivity contribution in [2.75, 3.05) is 32.5 Å². The topological polar surface area (TPSA) is 75.8 Å². The fourth-order valence-corrected chi connectivity index (χ4v) is 2.43. The molecule has 5 nitrogen and oxygen atoms in total. The van der Waals surface area contributed by atoms with Crippen molar-refractivity contribution in [2.45, 2.75) is 12.8 Å². The first-order chi connectivity index (χ1) is 9.06. The zero-order chi connectivity index (χ0) is 13.8. The molecule has 1 aromatic carbocycles. The van der Waals surface area contributed by atoms with Gasteiger partial charge < -0.3 is 20.5 Å². The van der Waals surface area contributed by atoms with Gasteiger partial charge in [0.25, 0.3) is 0 Å². The van der Waals surface area contributed by atoms with E-state index < -0.39 is 5.97 Å². The van der Waals surface area contributed by atoms with Crippen molar-refractivity contribution in [3.05, 3.63) is 23.8 Å². The summed E-state index contributed by atoms with van der Waals surface area (Å²) in [6.45, 7) is 2.81. The van der Waals surface area contributed by atoms with Gasteiger partial charge in [0.2, 0.25) is 0 Å². The maximum Gasteiger partial charge on any atom is 0.335 e. The Bertz CT molecular complexity index is 462. The van der Waals surface area contributed by atoms with Crippen molar-refractivity contribution >= 4 is 11.7 Å². The number of carboxylic acid groups (broad SMARTS) is 1. The number of benzene rings is 1. The minimum Gasteiger partial charge on any atom is -0.491 e. The number of piperidine rings is 1. The maximum absolute atomic E-state index is 10.8. The Morgan fingerprint density at radius 1 is 1.58 bits per heavy atom. The lowest BCUT2D eigenvalue weighted by Gasteiger charge is -2.29. The van der Waals surface area contributed by atoms with E-state index in [-0.39, 0.29) is 5.56 Å². The third-order valence-electron chi connectivity index (χ3n) is 3.45. The van der Waals surface area contributed by atoms with Crippen LogP contribution in [0.15, 0.2) is 18.2 Å². The van der Waals surface area contributed by atoms with Crippen LogP contribution in [0.25, 0.3) is 0 Å². The average Bonchev–Trinajstić information content (AvgIpc) is 2.37. The summed E-state index contributed by atoms with van der Waals surface area (Å²) in [7, 11) is 2.11. The molecule has 5 heteroatoms. The number of likely N-dealkylation sites (tertiary alicyclic amines) is 1. The minimum absolute atomic E-state index is 0.183. The molecule has 0 aliphatic carbocycles. The standard InChI is InChI=1S/C14H20N2O3/c1-16-6-2-3-10(8-16)9-19-13-5-4-11(14(17)18)7-12(13)15/h4-5,7,10H,2-3,6,8-9,15H2,1H3,(H,17,18). The summed E-state index contributed by atoms with van der Waals surface area (Å²) >= 11 is 0. The molecular formula is C14H20N2O3. The van der Waals surface area contributed by atoms with Gasteiger partial charge in [-0.2, -0.15) is 0 Å². The van der Waals surface area contributed by atoms with Gasteiger partial charge in [0.05, 0.1) is 17.9 Å². The van der Waals surface area contributed by atoms with Crippen molar-refractivity contribution < 1.29 is 14.6 Å². The number of nitrogens with zero attached hydrogens (tertiary/aromatic N) is 1. The quantitative estimate of drug-likeness (QED) is 0.809. The normalized spacial score (nSPS) is 20.2. The highest BCUT2D eigenvalue weighted by Crippen LogP contribution is 2.24. The molecule has 0 bridgehead atoms. The molecule has 1 unspecified atom stereocenters. The molecule has 0 aromatic heterocycles. The van der Waals surface area contributed by atoms with Crippen molar-refractivity contribution in [2.24, 2.45) is 5.92 Å². The summed E-state index contributed by atoms with van der Waals surface area (Å²) in [5.74, 6) is 0.0997. The van der Waals surface area contributed by atoms with Crippen molar-refractivity contribution in [3.63, 3.8) is 0 Å². The Morgan fingerprint density at radius 2 is 2.37 bits per heavy atom. The third kappa shape index (κ3) is 3.61. The summed E-state index contributed by atoms with van der Waals surface area (Å²) < 4.78 is 5.71. The number of anilines is 1. The number of nitrogens with two attached hydrogens (primary N) is 1. The van der Waals surface area contributed by atoms with E-state index in [0.29, 0.717) is 24.0 Å². The molecule has 19 heavy (non-hydrogen) atoms. The van der Waals surface area contributed by atoms with Gasteiger partial charge in [0, 0.05) is 12.5 Å². The molecule has 0 spiro atoms. The smallest absolute Gasteiger partial charge is 0.335 e. The van der Waals surface area contributed by atoms with Gasteiger partial charge in [0.1, 0.15) is 5.75 Å². The van der Waals surface area contributed by atoms with Gasteiger partial charge in [0.15, 0.2) is 0 Å². The Morgan fingerprint density at radius 3 is 3.00 bits per heavy atom. The van der Waals surface area contributed by atoms with E-state index in [2.05, 4.69) is 11.9 Å². The van der Waals surface area contributed by atoms with Gasteiger partial charge in [-0.15, -0.1) is 0 Å². The van der Waals surface area contributed by atoms with Crippen LogP contribution >= 0.6 is 0 Å². The zero-order valence-electron chi connectivity index (χ0n) is 11.1. The predicted octanol–water partition coefficient (Wildman–Crippen LogP) is 1.69. The highest BCUT2D eigenvalue weighted by Gasteiger charge is 2.18. The molecule has 2 rings (SSSR count). The van der Waals surface area contributed by atoms with Crippen LogP contribution in [0.1, 0.15) is 23.2 Å². The van der Waals surface area contributed by atoms with Crippen LogP contribution in [-0.2, 0) is 0 Å². The van der Waals surface area contributed by atoms with Gasteiger partial charge in [-0.1, -0.05) is 0 Å². The molecule has 1 saturated heterocycles. The average molecular weight is 264 g/mol. The molecule has 1 fully saturated rings. The van der Waals surface area contributed by atoms with Crippen molar-refractivity contribution in [3.8, 4) is 5.75 Å². The van der Waals surface area contributed by atoms with Gasteiger partial charge in [-0.25, -0.2) is 4.79 Å². The lowest BCUT2D eigenvalue weighted by atomic mass is 9.99. The predicted molar refractivity (Wildman–Crippen MR) is 73.5 cm³/mol. The van der Waals surface area contributed by atoms with Crippen LogP contribution in [0.2, 0.25) is 0 Å². The van der Waals surface area contributed by atoms with Crippen LogP contribution in [0.4, 0.5) is 5.69 Å².